The van der Waals surface area contributed by atoms with Gasteiger partial charge >= 0.3 is 0 Å². The number of nitrogens with one attached hydrogen (secondary N) is 2. The molecule has 2 atom stereocenters. The van der Waals surface area contributed by atoms with E-state index in [1.54, 1.807) is 6.26 Å². The van der Waals surface area contributed by atoms with Crippen LogP contribution in [0.3, 0.4) is 0 Å². The molecule has 33 heavy (non-hydrogen) atoms. The molecule has 1 saturated heterocycles. The lowest BCUT2D eigenvalue weighted by atomic mass is 10.0. The fraction of sp³-hybridized carbons (Fsp3) is 0.500. The molecule has 180 valence electrons. The van der Waals surface area contributed by atoms with Crippen molar-refractivity contribution in [2.24, 2.45) is 5.92 Å². The first-order chi connectivity index (χ1) is 15.7. The summed E-state index contributed by atoms with van der Waals surface area (Å²) in [5.74, 6) is 0.210. The molecule has 2 aromatic rings. The monoisotopic (exact) mass is 515 g/mol. The highest BCUT2D eigenvalue weighted by Crippen LogP contribution is 2.41. The molecule has 4 rings (SSSR count). The van der Waals surface area contributed by atoms with Crippen molar-refractivity contribution in [3.8, 4) is 5.75 Å². The Bertz CT molecular complexity index is 1160. The Morgan fingerprint density at radius 3 is 2.67 bits per heavy atom. The van der Waals surface area contributed by atoms with Gasteiger partial charge in [0, 0.05) is 28.3 Å². The number of benzene rings is 1. The summed E-state index contributed by atoms with van der Waals surface area (Å²) in [7, 11) is -3.97. The van der Waals surface area contributed by atoms with Crippen LogP contribution in [0.25, 0.3) is 0 Å². The predicted octanol–water partition coefficient (Wildman–Crippen LogP) is 3.83. The second-order valence-electron chi connectivity index (χ2n) is 8.31. The molecular weight excluding hydrogens is 490 g/mol. The number of ether oxygens (including phenoxy) is 1. The lowest BCUT2D eigenvalue weighted by Crippen LogP contribution is -2.28. The zero-order chi connectivity index (χ0) is 23.8. The fourth-order valence-electron chi connectivity index (χ4n) is 3.78. The average molecular weight is 516 g/mol. The third-order valence-electron chi connectivity index (χ3n) is 5.68. The molecule has 2 unspecified atom stereocenters. The van der Waals surface area contributed by atoms with Crippen LogP contribution in [0, 0.1) is 5.92 Å². The second-order valence-corrected chi connectivity index (χ2v) is 11.4. The second kappa shape index (κ2) is 9.63. The van der Waals surface area contributed by atoms with Crippen molar-refractivity contribution in [2.75, 3.05) is 30.3 Å². The Kier molecular flexibility index (Phi) is 7.01. The van der Waals surface area contributed by atoms with Crippen LogP contribution in [0.1, 0.15) is 33.1 Å². The number of anilines is 3. The van der Waals surface area contributed by atoms with E-state index < -0.39 is 26.9 Å². The van der Waals surface area contributed by atoms with Crippen LogP contribution in [0.15, 0.2) is 28.9 Å². The Morgan fingerprint density at radius 2 is 2.00 bits per heavy atom. The number of aromatic nitrogens is 2. The van der Waals surface area contributed by atoms with Gasteiger partial charge in [0.15, 0.2) is 16.9 Å². The number of sulfonamides is 1. The van der Waals surface area contributed by atoms with Gasteiger partial charge in [0.25, 0.3) is 0 Å². The Morgan fingerprint density at radius 1 is 1.30 bits per heavy atom. The number of rotatable bonds is 8. The quantitative estimate of drug-likeness (QED) is 0.353. The summed E-state index contributed by atoms with van der Waals surface area (Å²) >= 11 is 4.32. The molecule has 0 saturated carbocycles. The molecule has 0 bridgehead atoms. The van der Waals surface area contributed by atoms with Gasteiger partial charge in [0.1, 0.15) is 11.0 Å². The van der Waals surface area contributed by atoms with Crippen LogP contribution in [0.2, 0.25) is 5.02 Å². The van der Waals surface area contributed by atoms with Crippen molar-refractivity contribution < 1.29 is 22.8 Å². The minimum atomic E-state index is -3.97. The number of nitrogens with zero attached hydrogens (tertiary/aromatic N) is 3. The number of phenols is 1. The van der Waals surface area contributed by atoms with Crippen LogP contribution in [-0.2, 0) is 14.8 Å². The molecule has 0 amide bonds. The zero-order valence-corrected chi connectivity index (χ0v) is 20.6. The van der Waals surface area contributed by atoms with Crippen LogP contribution < -0.4 is 10.6 Å². The molecule has 2 aliphatic rings. The molecule has 1 aromatic heterocycles. The molecule has 0 radical (unpaired) electrons. The number of aromatic hydroxyl groups is 1. The summed E-state index contributed by atoms with van der Waals surface area (Å²) in [6.45, 7) is 5.35. The predicted molar refractivity (Wildman–Crippen MR) is 126 cm³/mol. The maximum absolute atomic E-state index is 13.0. The van der Waals surface area contributed by atoms with E-state index >= 15 is 0 Å². The van der Waals surface area contributed by atoms with Gasteiger partial charge in [-0.2, -0.15) is 4.31 Å². The van der Waals surface area contributed by atoms with E-state index in [0.717, 1.165) is 19.3 Å². The van der Waals surface area contributed by atoms with Crippen molar-refractivity contribution in [3.05, 3.63) is 29.0 Å². The maximum atomic E-state index is 13.0. The molecule has 1 aromatic carbocycles. The van der Waals surface area contributed by atoms with Gasteiger partial charge in [-0.15, -0.1) is 0 Å². The molecule has 0 spiro atoms. The minimum absolute atomic E-state index is 0.0604. The standard InChI is InChI=1S/C20H26ClN5O5S2/c1-12(2)13-9-14(31-11-13)10-22-19-20(25-32(28)24-19)23-16-6-5-15(21)18(17(16)27)33(29,30)26-7-3-4-8-26/h5-6,11-12,14,27H,3-4,7-10H2,1-2H3,(H,22,24)(H,23,25). The smallest absolute Gasteiger partial charge is 0.248 e. The molecule has 10 nitrogen and oxygen atoms in total. The van der Waals surface area contributed by atoms with Crippen LogP contribution in [0.5, 0.6) is 5.75 Å². The van der Waals surface area contributed by atoms with E-state index in [-0.39, 0.29) is 33.3 Å². The van der Waals surface area contributed by atoms with Crippen molar-refractivity contribution in [2.45, 2.75) is 44.1 Å². The third kappa shape index (κ3) is 5.04. The van der Waals surface area contributed by atoms with E-state index in [1.165, 1.54) is 22.0 Å². The van der Waals surface area contributed by atoms with Crippen molar-refractivity contribution in [1.82, 2.24) is 13.1 Å². The Balaban J connectivity index is 1.53. The number of phenolic OH excluding ortho intramolecular Hbond substituents is 1. The van der Waals surface area contributed by atoms with Gasteiger partial charge in [-0.05, 0) is 36.5 Å². The largest absolute Gasteiger partial charge is 0.546 e. The van der Waals surface area contributed by atoms with Crippen molar-refractivity contribution in [1.29, 1.82) is 0 Å². The summed E-state index contributed by atoms with van der Waals surface area (Å²) in [6, 6.07) is 2.82. The number of hydrogen-bond acceptors (Lipinski definition) is 9. The van der Waals surface area contributed by atoms with Crippen LogP contribution >= 0.6 is 22.7 Å². The van der Waals surface area contributed by atoms with E-state index in [9.17, 15) is 18.1 Å². The molecule has 3 N–H and O–H groups in total. The summed E-state index contributed by atoms with van der Waals surface area (Å²) in [5, 5.41) is 16.6. The third-order valence-corrected chi connectivity index (χ3v) is 8.76. The fourth-order valence-corrected chi connectivity index (χ4v) is 6.53. The molecular formula is C20H26ClN5O5S2. The SMILES string of the molecule is CC(C)C1=COC(CNc2n[s+]([O-])nc2Nc2ccc(Cl)c(S(=O)(=O)N3CCCC3)c2O)C1. The highest BCUT2D eigenvalue weighted by atomic mass is 35.5. The van der Waals surface area contributed by atoms with Gasteiger partial charge in [-0.1, -0.05) is 25.4 Å². The normalized spacial score (nSPS) is 19.6. The van der Waals surface area contributed by atoms with Crippen LogP contribution in [-0.4, -0.2) is 56.9 Å². The highest BCUT2D eigenvalue weighted by molar-refractivity contribution is 7.89. The first-order valence-electron chi connectivity index (χ1n) is 10.6. The summed E-state index contributed by atoms with van der Waals surface area (Å²) in [5.41, 5.74) is 1.27. The number of halogens is 1. The van der Waals surface area contributed by atoms with Gasteiger partial charge in [-0.3, -0.25) is 0 Å². The first kappa shape index (κ1) is 24.0. The molecule has 1 fully saturated rings. The Labute approximate surface area is 200 Å². The number of hydrogen-bond donors (Lipinski definition) is 3. The highest BCUT2D eigenvalue weighted by Gasteiger charge is 2.33. The van der Waals surface area contributed by atoms with E-state index in [4.69, 9.17) is 16.3 Å². The molecule has 0 aliphatic carbocycles. The van der Waals surface area contributed by atoms with Crippen molar-refractivity contribution >= 4 is 50.1 Å². The van der Waals surface area contributed by atoms with E-state index in [1.807, 2.05) is 0 Å². The average Bonchev–Trinajstić information content (AvgIpc) is 3.49. The summed E-state index contributed by atoms with van der Waals surface area (Å²) in [4.78, 5) is -0.367. The Hall–Kier alpha value is -2.12. The summed E-state index contributed by atoms with van der Waals surface area (Å²) in [6.07, 6.45) is 3.95. The van der Waals surface area contributed by atoms with Crippen molar-refractivity contribution in [3.63, 3.8) is 0 Å². The topological polar surface area (TPSA) is 140 Å². The van der Waals surface area contributed by atoms with Gasteiger partial charge in [0.05, 0.1) is 23.5 Å². The first-order valence-corrected chi connectivity index (χ1v) is 13.5. The molecule has 3 heterocycles. The van der Waals surface area contributed by atoms with E-state index in [0.29, 0.717) is 25.6 Å². The lowest BCUT2D eigenvalue weighted by molar-refractivity contribution is 0.182. The molecule has 2 aliphatic heterocycles. The van der Waals surface area contributed by atoms with E-state index in [2.05, 4.69) is 33.2 Å². The van der Waals surface area contributed by atoms with Crippen LogP contribution in [0.4, 0.5) is 17.3 Å². The minimum Gasteiger partial charge on any atom is -0.546 e. The van der Waals surface area contributed by atoms with Gasteiger partial charge in [0.2, 0.25) is 21.7 Å². The summed E-state index contributed by atoms with van der Waals surface area (Å²) < 4.78 is 52.9. The molecule has 13 heteroatoms. The zero-order valence-electron chi connectivity index (χ0n) is 18.2. The lowest BCUT2D eigenvalue weighted by Gasteiger charge is -2.19. The maximum Gasteiger partial charge on any atom is 0.248 e. The van der Waals surface area contributed by atoms with Gasteiger partial charge in [-0.25, -0.2) is 8.42 Å². The van der Waals surface area contributed by atoms with Gasteiger partial charge < -0.3 is 25.0 Å².